The number of rotatable bonds is 2. The van der Waals surface area contributed by atoms with E-state index in [0.717, 1.165) is 0 Å². The van der Waals surface area contributed by atoms with Crippen molar-refractivity contribution in [2.45, 2.75) is 6.18 Å². The van der Waals surface area contributed by atoms with Crippen molar-refractivity contribution >= 4 is 5.69 Å². The summed E-state index contributed by atoms with van der Waals surface area (Å²) < 4.78 is 35.2. The summed E-state index contributed by atoms with van der Waals surface area (Å²) in [7, 11) is 0. The SMILES string of the molecule is Oc1cccc(NCC(F)(F)F)c1. The van der Waals surface area contributed by atoms with E-state index in [2.05, 4.69) is 5.32 Å². The first-order valence-corrected chi connectivity index (χ1v) is 3.57. The molecule has 0 heterocycles. The molecule has 0 unspecified atom stereocenters. The number of halogens is 3. The van der Waals surface area contributed by atoms with E-state index in [1.54, 1.807) is 0 Å². The third kappa shape index (κ3) is 3.68. The number of benzene rings is 1. The topological polar surface area (TPSA) is 32.3 Å². The molecule has 5 heteroatoms. The van der Waals surface area contributed by atoms with Crippen molar-refractivity contribution in [3.05, 3.63) is 24.3 Å². The minimum Gasteiger partial charge on any atom is -0.508 e. The zero-order chi connectivity index (χ0) is 9.90. The maximum absolute atomic E-state index is 11.7. The number of anilines is 1. The molecule has 0 amide bonds. The van der Waals surface area contributed by atoms with Crippen molar-refractivity contribution in [3.63, 3.8) is 0 Å². The fourth-order valence-electron chi connectivity index (χ4n) is 0.818. The molecule has 1 aromatic rings. The second kappa shape index (κ2) is 3.55. The van der Waals surface area contributed by atoms with Crippen LogP contribution in [0.1, 0.15) is 0 Å². The Bertz CT molecular complexity index is 285. The van der Waals surface area contributed by atoms with Gasteiger partial charge in [0.05, 0.1) is 0 Å². The van der Waals surface area contributed by atoms with Crippen molar-refractivity contribution in [1.29, 1.82) is 0 Å². The van der Waals surface area contributed by atoms with Crippen molar-refractivity contribution in [3.8, 4) is 5.75 Å². The lowest BCUT2D eigenvalue weighted by molar-refractivity contribution is -0.115. The molecule has 1 aromatic carbocycles. The Morgan fingerprint density at radius 3 is 2.54 bits per heavy atom. The van der Waals surface area contributed by atoms with Crippen LogP contribution in [-0.2, 0) is 0 Å². The highest BCUT2D eigenvalue weighted by molar-refractivity contribution is 5.47. The lowest BCUT2D eigenvalue weighted by atomic mass is 10.3. The Balaban J connectivity index is 2.55. The van der Waals surface area contributed by atoms with Gasteiger partial charge >= 0.3 is 6.18 Å². The average Bonchev–Trinajstić information content (AvgIpc) is 2.00. The normalized spacial score (nSPS) is 11.3. The minimum atomic E-state index is -4.24. The van der Waals surface area contributed by atoms with Gasteiger partial charge in [0, 0.05) is 11.8 Å². The summed E-state index contributed by atoms with van der Waals surface area (Å²) in [6.45, 7) is -1.10. The summed E-state index contributed by atoms with van der Waals surface area (Å²) in [6.07, 6.45) is -4.24. The van der Waals surface area contributed by atoms with Crippen molar-refractivity contribution in [2.24, 2.45) is 0 Å². The first kappa shape index (κ1) is 9.70. The standard InChI is InChI=1S/C8H8F3NO/c9-8(10,11)5-12-6-2-1-3-7(13)4-6/h1-4,12-13H,5H2. The van der Waals surface area contributed by atoms with Gasteiger partial charge in [0.25, 0.3) is 0 Å². The van der Waals surface area contributed by atoms with Gasteiger partial charge in [-0.3, -0.25) is 0 Å². The van der Waals surface area contributed by atoms with Crippen LogP contribution in [0.5, 0.6) is 5.75 Å². The fraction of sp³-hybridized carbons (Fsp3) is 0.250. The van der Waals surface area contributed by atoms with Gasteiger partial charge in [-0.1, -0.05) is 6.07 Å². The Labute approximate surface area is 73.0 Å². The van der Waals surface area contributed by atoms with E-state index >= 15 is 0 Å². The van der Waals surface area contributed by atoms with E-state index in [9.17, 15) is 13.2 Å². The lowest BCUT2D eigenvalue weighted by Crippen LogP contribution is -2.21. The molecule has 0 aromatic heterocycles. The van der Waals surface area contributed by atoms with E-state index in [0.29, 0.717) is 0 Å². The highest BCUT2D eigenvalue weighted by Gasteiger charge is 2.26. The Morgan fingerprint density at radius 2 is 2.00 bits per heavy atom. The van der Waals surface area contributed by atoms with Crippen LogP contribution < -0.4 is 5.32 Å². The number of phenols is 1. The summed E-state index contributed by atoms with van der Waals surface area (Å²) in [5, 5.41) is 11.1. The predicted octanol–water partition coefficient (Wildman–Crippen LogP) is 2.37. The zero-order valence-electron chi connectivity index (χ0n) is 6.60. The van der Waals surface area contributed by atoms with Crippen LogP contribution in [0, 0.1) is 0 Å². The van der Waals surface area contributed by atoms with Gasteiger partial charge < -0.3 is 10.4 Å². The maximum Gasteiger partial charge on any atom is 0.405 e. The molecule has 0 fully saturated rings. The minimum absolute atomic E-state index is 0.0628. The molecule has 72 valence electrons. The van der Waals surface area contributed by atoms with Crippen LogP contribution >= 0.6 is 0 Å². The number of hydrogen-bond donors (Lipinski definition) is 2. The van der Waals surface area contributed by atoms with E-state index in [-0.39, 0.29) is 11.4 Å². The van der Waals surface area contributed by atoms with Crippen LogP contribution in [0.25, 0.3) is 0 Å². The number of hydrogen-bond acceptors (Lipinski definition) is 2. The molecule has 2 N–H and O–H groups in total. The van der Waals surface area contributed by atoms with Gasteiger partial charge in [-0.05, 0) is 12.1 Å². The van der Waals surface area contributed by atoms with Gasteiger partial charge in [-0.25, -0.2) is 0 Å². The molecule has 0 saturated carbocycles. The highest BCUT2D eigenvalue weighted by Crippen LogP contribution is 2.19. The number of aromatic hydroxyl groups is 1. The summed E-state index contributed by atoms with van der Waals surface area (Å²) in [5.41, 5.74) is 0.248. The average molecular weight is 191 g/mol. The van der Waals surface area contributed by atoms with Crippen molar-refractivity contribution in [2.75, 3.05) is 11.9 Å². The van der Waals surface area contributed by atoms with Crippen LogP contribution in [0.2, 0.25) is 0 Å². The molecule has 0 radical (unpaired) electrons. The fourth-order valence-corrected chi connectivity index (χ4v) is 0.818. The number of nitrogens with one attached hydrogen (secondary N) is 1. The molecular formula is C8H8F3NO. The molecule has 13 heavy (non-hydrogen) atoms. The van der Waals surface area contributed by atoms with Gasteiger partial charge in [0.15, 0.2) is 0 Å². The summed E-state index contributed by atoms with van der Waals surface area (Å²) >= 11 is 0. The molecule has 0 aliphatic carbocycles. The molecule has 0 spiro atoms. The molecule has 0 bridgehead atoms. The maximum atomic E-state index is 11.7. The third-order valence-corrected chi connectivity index (χ3v) is 1.34. The molecule has 2 nitrogen and oxygen atoms in total. The highest BCUT2D eigenvalue weighted by atomic mass is 19.4. The van der Waals surface area contributed by atoms with E-state index in [1.165, 1.54) is 24.3 Å². The van der Waals surface area contributed by atoms with Gasteiger partial charge in [0.2, 0.25) is 0 Å². The first-order valence-electron chi connectivity index (χ1n) is 3.57. The molecule has 1 rings (SSSR count). The van der Waals surface area contributed by atoms with Gasteiger partial charge in [-0.2, -0.15) is 13.2 Å². The molecule has 0 aliphatic heterocycles. The molecule has 0 aliphatic rings. The quantitative estimate of drug-likeness (QED) is 0.752. The summed E-state index contributed by atoms with van der Waals surface area (Å²) in [4.78, 5) is 0. The first-order chi connectivity index (χ1) is 5.97. The van der Waals surface area contributed by atoms with Crippen LogP contribution in [0.4, 0.5) is 18.9 Å². The number of alkyl halides is 3. The van der Waals surface area contributed by atoms with Crippen LogP contribution in [0.3, 0.4) is 0 Å². The van der Waals surface area contributed by atoms with Crippen molar-refractivity contribution < 1.29 is 18.3 Å². The predicted molar refractivity (Wildman–Crippen MR) is 42.7 cm³/mol. The largest absolute Gasteiger partial charge is 0.508 e. The molecule has 0 saturated heterocycles. The monoisotopic (exact) mass is 191 g/mol. The Hall–Kier alpha value is -1.39. The van der Waals surface area contributed by atoms with Crippen LogP contribution in [-0.4, -0.2) is 17.8 Å². The lowest BCUT2D eigenvalue weighted by Gasteiger charge is -2.09. The van der Waals surface area contributed by atoms with E-state index < -0.39 is 12.7 Å². The zero-order valence-corrected chi connectivity index (χ0v) is 6.60. The molecule has 0 atom stereocenters. The smallest absolute Gasteiger partial charge is 0.405 e. The number of phenolic OH excluding ortho intramolecular Hbond substituents is 1. The third-order valence-electron chi connectivity index (χ3n) is 1.34. The Morgan fingerprint density at radius 1 is 1.31 bits per heavy atom. The second-order valence-corrected chi connectivity index (χ2v) is 2.52. The summed E-state index contributed by atoms with van der Waals surface area (Å²) in [5.74, 6) is -0.0628. The van der Waals surface area contributed by atoms with Crippen LogP contribution in [0.15, 0.2) is 24.3 Å². The van der Waals surface area contributed by atoms with E-state index in [1.807, 2.05) is 0 Å². The summed E-state index contributed by atoms with van der Waals surface area (Å²) in [6, 6.07) is 5.53. The second-order valence-electron chi connectivity index (χ2n) is 2.52. The van der Waals surface area contributed by atoms with Crippen molar-refractivity contribution in [1.82, 2.24) is 0 Å². The Kier molecular flexibility index (Phi) is 2.65. The van der Waals surface area contributed by atoms with Gasteiger partial charge in [0.1, 0.15) is 12.3 Å². The van der Waals surface area contributed by atoms with E-state index in [4.69, 9.17) is 5.11 Å². The van der Waals surface area contributed by atoms with Gasteiger partial charge in [-0.15, -0.1) is 0 Å². The molecular weight excluding hydrogens is 183 g/mol.